The molecule has 3 rings (SSSR count). The summed E-state index contributed by atoms with van der Waals surface area (Å²) in [4.78, 5) is 37.6. The van der Waals surface area contributed by atoms with Crippen LogP contribution in [0.3, 0.4) is 0 Å². The Morgan fingerprint density at radius 2 is 1.91 bits per heavy atom. The van der Waals surface area contributed by atoms with Crippen LogP contribution in [0.1, 0.15) is 73.8 Å². The molecule has 1 atom stereocenters. The van der Waals surface area contributed by atoms with Gasteiger partial charge in [0.05, 0.1) is 22.6 Å². The van der Waals surface area contributed by atoms with Gasteiger partial charge in [-0.3, -0.25) is 10.1 Å². The fraction of sp³-hybridized carbons (Fsp3) is 0.440. The summed E-state index contributed by atoms with van der Waals surface area (Å²) in [6.45, 7) is 11.3. The van der Waals surface area contributed by atoms with Gasteiger partial charge < -0.3 is 14.8 Å². The summed E-state index contributed by atoms with van der Waals surface area (Å²) in [6.07, 6.45) is 0.570. The zero-order valence-corrected chi connectivity index (χ0v) is 21.3. The van der Waals surface area contributed by atoms with Crippen LogP contribution in [0.4, 0.5) is 10.7 Å². The summed E-state index contributed by atoms with van der Waals surface area (Å²) in [5.41, 5.74) is 2.29. The Morgan fingerprint density at radius 1 is 1.24 bits per heavy atom. The maximum absolute atomic E-state index is 13.2. The van der Waals surface area contributed by atoms with E-state index in [1.165, 1.54) is 30.6 Å². The largest absolute Gasteiger partial charge is 0.466 e. The van der Waals surface area contributed by atoms with Crippen LogP contribution in [0.5, 0.6) is 0 Å². The van der Waals surface area contributed by atoms with Crippen molar-refractivity contribution >= 4 is 34.0 Å². The number of ether oxygens (including phenoxy) is 2. The maximum atomic E-state index is 13.2. The first-order valence-electron chi connectivity index (χ1n) is 11.0. The average Bonchev–Trinajstić information content (AvgIpc) is 3.08. The van der Waals surface area contributed by atoms with Crippen LogP contribution >= 0.6 is 11.3 Å². The van der Waals surface area contributed by atoms with Crippen molar-refractivity contribution in [3.8, 4) is 0 Å². The van der Waals surface area contributed by atoms with Crippen LogP contribution in [0.25, 0.3) is 0 Å². The molecule has 0 amide bonds. The minimum absolute atomic E-state index is 0.0764. The van der Waals surface area contributed by atoms with Crippen LogP contribution in [0.15, 0.2) is 35.5 Å². The Labute approximate surface area is 203 Å². The molecule has 1 aromatic carbocycles. The van der Waals surface area contributed by atoms with Crippen molar-refractivity contribution in [2.45, 2.75) is 59.5 Å². The Morgan fingerprint density at radius 3 is 2.47 bits per heavy atom. The third kappa shape index (κ3) is 5.14. The number of esters is 2. The average molecular weight is 487 g/mol. The minimum Gasteiger partial charge on any atom is -0.466 e. The summed E-state index contributed by atoms with van der Waals surface area (Å²) in [5, 5.41) is 15.5. The van der Waals surface area contributed by atoms with Gasteiger partial charge in [-0.25, -0.2) is 9.59 Å². The number of hydrogen-bond acceptors (Lipinski definition) is 8. The van der Waals surface area contributed by atoms with E-state index in [4.69, 9.17) is 9.47 Å². The highest BCUT2D eigenvalue weighted by Gasteiger charge is 2.39. The lowest BCUT2D eigenvalue weighted by Crippen LogP contribution is -2.25. The lowest BCUT2D eigenvalue weighted by molar-refractivity contribution is -0.384. The third-order valence-electron chi connectivity index (χ3n) is 5.35. The number of allylic oxidation sites excluding steroid dienone is 1. The molecule has 0 saturated heterocycles. The first-order valence-corrected chi connectivity index (χ1v) is 11.8. The Bertz CT molecular complexity index is 1170. The first-order chi connectivity index (χ1) is 15.8. The molecule has 1 aromatic heterocycles. The number of hydrogen-bond donors (Lipinski definition) is 1. The first kappa shape index (κ1) is 25.4. The van der Waals surface area contributed by atoms with Crippen LogP contribution in [-0.4, -0.2) is 29.6 Å². The molecule has 0 bridgehead atoms. The molecule has 0 spiro atoms. The number of carbonyl (C=O) groups is 2. The van der Waals surface area contributed by atoms with E-state index in [2.05, 4.69) is 5.32 Å². The number of carbonyl (C=O) groups excluding carboxylic acids is 2. The number of nitro benzene ring substituents is 1. The van der Waals surface area contributed by atoms with Gasteiger partial charge in [0.1, 0.15) is 10.5 Å². The number of rotatable bonds is 6. The van der Waals surface area contributed by atoms with Crippen molar-refractivity contribution in [1.29, 1.82) is 0 Å². The summed E-state index contributed by atoms with van der Waals surface area (Å²) in [7, 11) is 1.30. The number of non-ortho nitro benzene ring substituents is 1. The van der Waals surface area contributed by atoms with Gasteiger partial charge in [0.2, 0.25) is 0 Å². The SMILES string of the molecule is COC(=O)C1=C(C)Nc2sc(C(=O)OC(C)(C)C)c(CC(C)C)c2C1c1cccc([N+](=O)[O-])c1. The normalized spacial score (nSPS) is 15.6. The van der Waals surface area contributed by atoms with Crippen LogP contribution in [0, 0.1) is 16.0 Å². The zero-order chi connectivity index (χ0) is 25.4. The number of thiophene rings is 1. The predicted octanol–water partition coefficient (Wildman–Crippen LogP) is 5.81. The molecule has 1 N–H and O–H groups in total. The molecule has 9 heteroatoms. The number of anilines is 1. The number of benzene rings is 1. The van der Waals surface area contributed by atoms with Crippen molar-refractivity contribution in [2.24, 2.45) is 5.92 Å². The molecular weight excluding hydrogens is 456 g/mol. The minimum atomic E-state index is -0.672. The summed E-state index contributed by atoms with van der Waals surface area (Å²) < 4.78 is 10.8. The monoisotopic (exact) mass is 486 g/mol. The molecule has 2 heterocycles. The Kier molecular flexibility index (Phi) is 7.16. The Balaban J connectivity index is 2.31. The van der Waals surface area contributed by atoms with Gasteiger partial charge in [0.25, 0.3) is 5.69 Å². The number of nitrogens with zero attached hydrogens (tertiary/aromatic N) is 1. The smallest absolute Gasteiger partial charge is 0.349 e. The van der Waals surface area contributed by atoms with Gasteiger partial charge in [-0.05, 0) is 51.2 Å². The molecule has 182 valence electrons. The second-order valence-electron chi connectivity index (χ2n) is 9.69. The molecule has 1 unspecified atom stereocenters. The van der Waals surface area contributed by atoms with E-state index in [9.17, 15) is 19.7 Å². The standard InChI is InChI=1S/C25H30N2O6S/c1-13(2)11-17-20-19(15-9-8-10-16(12-15)27(30)31)18(23(28)32-7)14(3)26-22(20)34-21(17)24(29)33-25(4,5)6/h8-10,12-13,19,26H,11H2,1-7H3. The van der Waals surface area contributed by atoms with Crippen LogP contribution in [0.2, 0.25) is 0 Å². The zero-order valence-electron chi connectivity index (χ0n) is 20.5. The molecule has 8 nitrogen and oxygen atoms in total. The second-order valence-corrected chi connectivity index (χ2v) is 10.7. The number of nitrogens with one attached hydrogen (secondary N) is 1. The molecular formula is C25H30N2O6S. The van der Waals surface area contributed by atoms with E-state index < -0.39 is 28.4 Å². The van der Waals surface area contributed by atoms with E-state index in [1.807, 2.05) is 34.6 Å². The van der Waals surface area contributed by atoms with E-state index >= 15 is 0 Å². The van der Waals surface area contributed by atoms with Gasteiger partial charge in [-0.2, -0.15) is 0 Å². The van der Waals surface area contributed by atoms with E-state index in [0.717, 1.165) is 16.1 Å². The molecule has 0 radical (unpaired) electrons. The molecule has 0 fully saturated rings. The van der Waals surface area contributed by atoms with Crippen molar-refractivity contribution in [1.82, 2.24) is 0 Å². The highest BCUT2D eigenvalue weighted by atomic mass is 32.1. The highest BCUT2D eigenvalue weighted by Crippen LogP contribution is 2.50. The number of nitro groups is 1. The van der Waals surface area contributed by atoms with E-state index in [1.54, 1.807) is 19.1 Å². The van der Waals surface area contributed by atoms with Crippen LogP contribution < -0.4 is 5.32 Å². The summed E-state index contributed by atoms with van der Waals surface area (Å²) in [6, 6.07) is 6.24. The second kappa shape index (κ2) is 9.58. The summed E-state index contributed by atoms with van der Waals surface area (Å²) >= 11 is 1.28. The van der Waals surface area contributed by atoms with Crippen molar-refractivity contribution in [2.75, 3.05) is 12.4 Å². The van der Waals surface area contributed by atoms with Crippen molar-refractivity contribution in [3.63, 3.8) is 0 Å². The topological polar surface area (TPSA) is 108 Å². The lowest BCUT2D eigenvalue weighted by atomic mass is 9.79. The lowest BCUT2D eigenvalue weighted by Gasteiger charge is -2.29. The molecule has 2 aromatic rings. The van der Waals surface area contributed by atoms with Gasteiger partial charge in [0, 0.05) is 29.3 Å². The van der Waals surface area contributed by atoms with Crippen molar-refractivity contribution in [3.05, 3.63) is 67.2 Å². The quantitative estimate of drug-likeness (QED) is 0.312. The van der Waals surface area contributed by atoms with E-state index in [0.29, 0.717) is 28.1 Å². The fourth-order valence-corrected chi connectivity index (χ4v) is 5.31. The van der Waals surface area contributed by atoms with Crippen LogP contribution in [-0.2, 0) is 20.7 Å². The van der Waals surface area contributed by atoms with Gasteiger partial charge in [-0.15, -0.1) is 11.3 Å². The molecule has 0 saturated carbocycles. The van der Waals surface area contributed by atoms with E-state index in [-0.39, 0.29) is 11.6 Å². The Hall–Kier alpha value is -3.20. The third-order valence-corrected chi connectivity index (χ3v) is 6.49. The number of methoxy groups -OCH3 is 1. The molecule has 34 heavy (non-hydrogen) atoms. The van der Waals surface area contributed by atoms with Crippen molar-refractivity contribution < 1.29 is 24.0 Å². The van der Waals surface area contributed by atoms with Gasteiger partial charge in [-0.1, -0.05) is 26.0 Å². The molecule has 1 aliphatic heterocycles. The fourth-order valence-electron chi connectivity index (χ4n) is 4.11. The predicted molar refractivity (Wildman–Crippen MR) is 131 cm³/mol. The maximum Gasteiger partial charge on any atom is 0.349 e. The summed E-state index contributed by atoms with van der Waals surface area (Å²) in [5.74, 6) is -1.39. The molecule has 1 aliphatic rings. The number of fused-ring (bicyclic) bond motifs is 1. The van der Waals surface area contributed by atoms with Gasteiger partial charge >= 0.3 is 11.9 Å². The molecule has 0 aliphatic carbocycles. The van der Waals surface area contributed by atoms with Gasteiger partial charge in [0.15, 0.2) is 0 Å². The highest BCUT2D eigenvalue weighted by molar-refractivity contribution is 7.18.